The van der Waals surface area contributed by atoms with Gasteiger partial charge in [0.2, 0.25) is 0 Å². The van der Waals surface area contributed by atoms with Gasteiger partial charge >= 0.3 is 5.97 Å². The third-order valence-corrected chi connectivity index (χ3v) is 7.56. The molecule has 3 heterocycles. The van der Waals surface area contributed by atoms with E-state index in [0.29, 0.717) is 27.2 Å². The molecule has 0 bridgehead atoms. The number of hydrogen-bond donors (Lipinski definition) is 0. The number of ether oxygens (including phenoxy) is 2. The molecule has 5 rings (SSSR count). The lowest BCUT2D eigenvalue weighted by Gasteiger charge is -2.24. The smallest absolute Gasteiger partial charge is 0.338 e. The number of hydrogen-bond acceptors (Lipinski definition) is 7. The van der Waals surface area contributed by atoms with Gasteiger partial charge in [-0.1, -0.05) is 59.9 Å². The van der Waals surface area contributed by atoms with E-state index < -0.39 is 12.0 Å². The molecule has 1 aliphatic rings. The van der Waals surface area contributed by atoms with Crippen molar-refractivity contribution in [1.29, 1.82) is 0 Å². The van der Waals surface area contributed by atoms with Crippen molar-refractivity contribution < 1.29 is 14.3 Å². The van der Waals surface area contributed by atoms with Gasteiger partial charge in [0.05, 0.1) is 29.0 Å². The van der Waals surface area contributed by atoms with Gasteiger partial charge in [-0.3, -0.25) is 9.36 Å². The molecular weight excluding hydrogens is 492 g/mol. The first-order valence-corrected chi connectivity index (χ1v) is 13.3. The van der Waals surface area contributed by atoms with Crippen LogP contribution in [0.5, 0.6) is 5.75 Å². The Labute approximate surface area is 216 Å². The van der Waals surface area contributed by atoms with Crippen LogP contribution >= 0.6 is 22.7 Å². The fourth-order valence-corrected chi connectivity index (χ4v) is 5.99. The third kappa shape index (κ3) is 4.57. The molecule has 182 valence electrons. The Kier molecular flexibility index (Phi) is 6.97. The molecule has 0 unspecified atom stereocenters. The summed E-state index contributed by atoms with van der Waals surface area (Å²) >= 11 is 2.80. The van der Waals surface area contributed by atoms with Crippen molar-refractivity contribution in [1.82, 2.24) is 4.57 Å². The van der Waals surface area contributed by atoms with E-state index in [0.717, 1.165) is 21.8 Å². The maximum Gasteiger partial charge on any atom is 0.338 e. The summed E-state index contributed by atoms with van der Waals surface area (Å²) in [6, 6.07) is 20.4. The lowest BCUT2D eigenvalue weighted by Crippen LogP contribution is -2.39. The largest absolute Gasteiger partial charge is 0.494 e. The van der Waals surface area contributed by atoms with E-state index in [2.05, 4.69) is 0 Å². The van der Waals surface area contributed by atoms with Gasteiger partial charge in [0.25, 0.3) is 5.56 Å². The van der Waals surface area contributed by atoms with Crippen LogP contribution in [0.3, 0.4) is 0 Å². The van der Waals surface area contributed by atoms with Crippen molar-refractivity contribution in [2.24, 2.45) is 4.99 Å². The highest BCUT2D eigenvalue weighted by molar-refractivity contribution is 7.10. The first-order valence-electron chi connectivity index (χ1n) is 11.7. The summed E-state index contributed by atoms with van der Waals surface area (Å²) in [5.74, 6) is 0.267. The minimum Gasteiger partial charge on any atom is -0.494 e. The molecule has 1 atom stereocenters. The third-order valence-electron chi connectivity index (χ3n) is 5.65. The first kappa shape index (κ1) is 24.0. The minimum atomic E-state index is -0.632. The number of thiazole rings is 1. The van der Waals surface area contributed by atoms with Crippen LogP contribution in [0.4, 0.5) is 0 Å². The normalized spacial score (nSPS) is 15.4. The number of benzene rings is 2. The van der Waals surface area contributed by atoms with Crippen molar-refractivity contribution in [3.8, 4) is 5.75 Å². The molecule has 36 heavy (non-hydrogen) atoms. The number of nitrogens with zero attached hydrogens (tertiary/aromatic N) is 2. The van der Waals surface area contributed by atoms with Crippen LogP contribution in [0, 0.1) is 0 Å². The highest BCUT2D eigenvalue weighted by Gasteiger charge is 2.35. The van der Waals surface area contributed by atoms with Gasteiger partial charge in [-0.25, -0.2) is 9.79 Å². The lowest BCUT2D eigenvalue weighted by molar-refractivity contribution is -0.138. The number of rotatable bonds is 7. The Morgan fingerprint density at radius 1 is 1.06 bits per heavy atom. The summed E-state index contributed by atoms with van der Waals surface area (Å²) in [6.45, 7) is 4.49. The van der Waals surface area contributed by atoms with Gasteiger partial charge in [0.1, 0.15) is 11.8 Å². The van der Waals surface area contributed by atoms with Crippen molar-refractivity contribution in [2.45, 2.75) is 19.9 Å². The topological polar surface area (TPSA) is 69.9 Å². The van der Waals surface area contributed by atoms with E-state index >= 15 is 0 Å². The highest BCUT2D eigenvalue weighted by atomic mass is 32.1. The summed E-state index contributed by atoms with van der Waals surface area (Å²) in [5, 5.41) is 1.94. The van der Waals surface area contributed by atoms with Crippen LogP contribution in [-0.2, 0) is 9.53 Å². The predicted molar refractivity (Wildman–Crippen MR) is 143 cm³/mol. The van der Waals surface area contributed by atoms with Gasteiger partial charge in [0.15, 0.2) is 4.80 Å². The molecule has 0 saturated carbocycles. The molecule has 0 spiro atoms. The SMILES string of the molecule is CCOC(=O)C1=C(c2ccccc2)N=c2s/c(=C\c3cccc(OCC)c3)c(=O)n2[C@@H]1c1cccs1. The Balaban J connectivity index is 1.77. The van der Waals surface area contributed by atoms with E-state index in [4.69, 9.17) is 14.5 Å². The van der Waals surface area contributed by atoms with Gasteiger partial charge in [0, 0.05) is 10.4 Å². The molecule has 6 nitrogen and oxygen atoms in total. The molecule has 8 heteroatoms. The monoisotopic (exact) mass is 516 g/mol. The Morgan fingerprint density at radius 2 is 1.89 bits per heavy atom. The molecule has 1 aliphatic heterocycles. The molecule has 4 aromatic rings. The Bertz CT molecular complexity index is 1600. The molecule has 2 aromatic heterocycles. The average Bonchev–Trinajstić information content (AvgIpc) is 3.53. The van der Waals surface area contributed by atoms with Crippen molar-refractivity contribution in [2.75, 3.05) is 13.2 Å². The fourth-order valence-electron chi connectivity index (χ4n) is 4.17. The number of esters is 1. The van der Waals surface area contributed by atoms with Crippen LogP contribution in [0.2, 0.25) is 0 Å². The van der Waals surface area contributed by atoms with E-state index in [1.165, 1.54) is 22.7 Å². The maximum atomic E-state index is 13.8. The second-order valence-electron chi connectivity index (χ2n) is 7.95. The number of thiophene rings is 1. The van der Waals surface area contributed by atoms with Gasteiger partial charge in [-0.2, -0.15) is 0 Å². The number of carbonyl (C=O) groups is 1. The van der Waals surface area contributed by atoms with Crippen LogP contribution < -0.4 is 19.6 Å². The fraction of sp³-hybridized carbons (Fsp3) is 0.179. The van der Waals surface area contributed by atoms with E-state index in [1.54, 1.807) is 11.5 Å². The number of fused-ring (bicyclic) bond motifs is 1. The quantitative estimate of drug-likeness (QED) is 0.342. The summed E-state index contributed by atoms with van der Waals surface area (Å²) in [6.07, 6.45) is 1.84. The second-order valence-corrected chi connectivity index (χ2v) is 9.94. The minimum absolute atomic E-state index is 0.201. The highest BCUT2D eigenvalue weighted by Crippen LogP contribution is 2.36. The average molecular weight is 517 g/mol. The van der Waals surface area contributed by atoms with Gasteiger partial charge in [-0.05, 0) is 49.1 Å². The van der Waals surface area contributed by atoms with Crippen molar-refractivity contribution in [3.05, 3.63) is 113 Å². The van der Waals surface area contributed by atoms with Crippen LogP contribution in [-0.4, -0.2) is 23.8 Å². The summed E-state index contributed by atoms with van der Waals surface area (Å²) in [5.41, 5.74) is 2.34. The molecule has 2 aromatic carbocycles. The molecule has 0 radical (unpaired) electrons. The van der Waals surface area contributed by atoms with Gasteiger partial charge < -0.3 is 9.47 Å². The summed E-state index contributed by atoms with van der Waals surface area (Å²) < 4.78 is 13.2. The number of carbonyl (C=O) groups excluding carboxylic acids is 1. The zero-order valence-corrected chi connectivity index (χ0v) is 21.5. The molecular formula is C28H24N2O4S2. The zero-order chi connectivity index (χ0) is 25.1. The lowest BCUT2D eigenvalue weighted by atomic mass is 9.97. The van der Waals surface area contributed by atoms with Crippen molar-refractivity contribution in [3.63, 3.8) is 0 Å². The first-order chi connectivity index (χ1) is 17.6. The van der Waals surface area contributed by atoms with E-state index in [-0.39, 0.29) is 12.2 Å². The number of aromatic nitrogens is 1. The Morgan fingerprint density at radius 3 is 2.61 bits per heavy atom. The van der Waals surface area contributed by atoms with Crippen LogP contribution in [0.1, 0.15) is 35.9 Å². The summed E-state index contributed by atoms with van der Waals surface area (Å²) in [7, 11) is 0. The molecule has 0 N–H and O–H groups in total. The Hall–Kier alpha value is -3.75. The predicted octanol–water partition coefficient (Wildman–Crippen LogP) is 4.40. The standard InChI is InChI=1S/C28H24N2O4S2/c1-3-33-20-13-8-10-18(16-20)17-22-26(31)30-25(21-14-9-15-35-21)23(27(32)34-4-2)24(29-28(30)36-22)19-11-6-5-7-12-19/h5-17,25H,3-4H2,1-2H3/b22-17-/t25-/m1/s1. The second kappa shape index (κ2) is 10.5. The maximum absolute atomic E-state index is 13.8. The molecule has 0 aliphatic carbocycles. The van der Waals surface area contributed by atoms with Crippen LogP contribution in [0.25, 0.3) is 11.8 Å². The van der Waals surface area contributed by atoms with E-state index in [1.807, 2.05) is 85.1 Å². The molecule has 0 saturated heterocycles. The molecule has 0 fully saturated rings. The molecule has 0 amide bonds. The summed E-state index contributed by atoms with van der Waals surface area (Å²) in [4.78, 5) is 33.4. The van der Waals surface area contributed by atoms with E-state index in [9.17, 15) is 9.59 Å². The van der Waals surface area contributed by atoms with Crippen LogP contribution in [0.15, 0.2) is 87.5 Å². The van der Waals surface area contributed by atoms with Crippen molar-refractivity contribution >= 4 is 40.4 Å². The van der Waals surface area contributed by atoms with Gasteiger partial charge in [-0.15, -0.1) is 11.3 Å². The zero-order valence-electron chi connectivity index (χ0n) is 19.8.